The van der Waals surface area contributed by atoms with E-state index in [1.54, 1.807) is 36.4 Å². The van der Waals surface area contributed by atoms with Crippen LogP contribution in [-0.2, 0) is 14.8 Å². The molecule has 0 aliphatic carbocycles. The van der Waals surface area contributed by atoms with Gasteiger partial charge in [-0.3, -0.25) is 14.3 Å². The van der Waals surface area contributed by atoms with Gasteiger partial charge in [0.25, 0.3) is 15.9 Å². The van der Waals surface area contributed by atoms with Crippen LogP contribution in [0.3, 0.4) is 0 Å². The molecule has 0 bridgehead atoms. The van der Waals surface area contributed by atoms with E-state index >= 15 is 0 Å². The van der Waals surface area contributed by atoms with Gasteiger partial charge in [-0.25, -0.2) is 8.42 Å². The molecule has 172 valence electrons. The third kappa shape index (κ3) is 6.43. The minimum Gasteiger partial charge on any atom is -0.326 e. The zero-order valence-corrected chi connectivity index (χ0v) is 19.8. The number of hydrogen-bond acceptors (Lipinski definition) is 4. The van der Waals surface area contributed by atoms with Crippen LogP contribution < -0.4 is 15.4 Å². The van der Waals surface area contributed by atoms with Crippen molar-refractivity contribution in [3.05, 3.63) is 83.9 Å². The second kappa shape index (κ2) is 9.46. The van der Waals surface area contributed by atoms with Crippen molar-refractivity contribution in [1.82, 2.24) is 0 Å². The third-order valence-electron chi connectivity index (χ3n) is 4.79. The number of benzene rings is 3. The Kier molecular flexibility index (Phi) is 6.88. The van der Waals surface area contributed by atoms with Crippen LogP contribution in [0, 0.1) is 12.3 Å². The van der Waals surface area contributed by atoms with Crippen molar-refractivity contribution < 1.29 is 18.0 Å². The Morgan fingerprint density at radius 2 is 1.33 bits per heavy atom. The summed E-state index contributed by atoms with van der Waals surface area (Å²) in [5, 5.41) is 5.58. The lowest BCUT2D eigenvalue weighted by Gasteiger charge is -2.18. The monoisotopic (exact) mass is 465 g/mol. The summed E-state index contributed by atoms with van der Waals surface area (Å²) < 4.78 is 27.7. The van der Waals surface area contributed by atoms with E-state index in [0.717, 1.165) is 5.56 Å². The highest BCUT2D eigenvalue weighted by Gasteiger charge is 2.21. The molecule has 3 rings (SSSR count). The number of aryl methyl sites for hydroxylation is 1. The first-order valence-electron chi connectivity index (χ1n) is 10.4. The Bertz CT molecular complexity index is 1260. The first-order valence-corrected chi connectivity index (χ1v) is 11.8. The van der Waals surface area contributed by atoms with E-state index < -0.39 is 21.3 Å². The molecule has 0 saturated carbocycles. The van der Waals surface area contributed by atoms with Crippen molar-refractivity contribution in [3.63, 3.8) is 0 Å². The highest BCUT2D eigenvalue weighted by Crippen LogP contribution is 2.21. The normalized spacial score (nSPS) is 11.5. The summed E-state index contributed by atoms with van der Waals surface area (Å²) in [7, 11) is -3.78. The van der Waals surface area contributed by atoms with Crippen LogP contribution in [0.25, 0.3) is 0 Å². The zero-order valence-electron chi connectivity index (χ0n) is 19.0. The van der Waals surface area contributed by atoms with Crippen LogP contribution in [0.4, 0.5) is 17.1 Å². The highest BCUT2D eigenvalue weighted by atomic mass is 32.2. The maximum absolute atomic E-state index is 12.6. The Balaban J connectivity index is 1.69. The van der Waals surface area contributed by atoms with E-state index in [0.29, 0.717) is 22.6 Å². The summed E-state index contributed by atoms with van der Waals surface area (Å²) >= 11 is 0. The SMILES string of the molecule is Cc1ccc(NS(=O)(=O)c2ccc(C(=O)Nc3cccc(NC(=O)C(C)(C)C)c3)cc2)cc1. The van der Waals surface area contributed by atoms with E-state index in [1.165, 1.54) is 24.3 Å². The van der Waals surface area contributed by atoms with Crippen LogP contribution in [0.1, 0.15) is 36.7 Å². The van der Waals surface area contributed by atoms with Crippen molar-refractivity contribution in [2.24, 2.45) is 5.41 Å². The van der Waals surface area contributed by atoms with Crippen molar-refractivity contribution in [2.45, 2.75) is 32.6 Å². The Hall–Kier alpha value is -3.65. The van der Waals surface area contributed by atoms with Crippen molar-refractivity contribution >= 4 is 38.9 Å². The smallest absolute Gasteiger partial charge is 0.261 e. The number of sulfonamides is 1. The molecule has 2 amide bonds. The second-order valence-corrected chi connectivity index (χ2v) is 10.4. The molecule has 33 heavy (non-hydrogen) atoms. The molecule has 8 heteroatoms. The largest absolute Gasteiger partial charge is 0.326 e. The van der Waals surface area contributed by atoms with Gasteiger partial charge in [0.2, 0.25) is 5.91 Å². The second-order valence-electron chi connectivity index (χ2n) is 8.73. The number of amides is 2. The van der Waals surface area contributed by atoms with Gasteiger partial charge in [0.05, 0.1) is 4.90 Å². The van der Waals surface area contributed by atoms with E-state index in [1.807, 2.05) is 39.8 Å². The molecule has 0 unspecified atom stereocenters. The first kappa shape index (κ1) is 24.0. The summed E-state index contributed by atoms with van der Waals surface area (Å²) in [6, 6.07) is 19.5. The molecule has 0 radical (unpaired) electrons. The quantitative estimate of drug-likeness (QED) is 0.475. The lowest BCUT2D eigenvalue weighted by Crippen LogP contribution is -2.27. The fraction of sp³-hybridized carbons (Fsp3) is 0.200. The minimum absolute atomic E-state index is 0.0477. The number of anilines is 3. The van der Waals surface area contributed by atoms with Crippen molar-refractivity contribution in [3.8, 4) is 0 Å². The molecule has 0 heterocycles. The predicted octanol–water partition coefficient (Wildman–Crippen LogP) is 5.03. The van der Waals surface area contributed by atoms with Gasteiger partial charge in [0, 0.05) is 28.0 Å². The Labute approximate surface area is 194 Å². The van der Waals surface area contributed by atoms with E-state index in [9.17, 15) is 18.0 Å². The molecule has 0 saturated heterocycles. The molecule has 7 nitrogen and oxygen atoms in total. The summed E-state index contributed by atoms with van der Waals surface area (Å²) in [6.45, 7) is 7.36. The van der Waals surface area contributed by atoms with Crippen LogP contribution >= 0.6 is 0 Å². The first-order chi connectivity index (χ1) is 15.4. The molecule has 0 atom stereocenters. The maximum Gasteiger partial charge on any atom is 0.261 e. The van der Waals surface area contributed by atoms with Crippen LogP contribution in [0.5, 0.6) is 0 Å². The van der Waals surface area contributed by atoms with Gasteiger partial charge >= 0.3 is 0 Å². The molecular weight excluding hydrogens is 438 g/mol. The number of carbonyl (C=O) groups is 2. The topological polar surface area (TPSA) is 104 Å². The molecule has 0 spiro atoms. The molecule has 3 aromatic rings. The summed E-state index contributed by atoms with van der Waals surface area (Å²) in [5.41, 5.74) is 2.31. The summed E-state index contributed by atoms with van der Waals surface area (Å²) in [5.74, 6) is -0.535. The number of carbonyl (C=O) groups excluding carboxylic acids is 2. The standard InChI is InChI=1S/C25H27N3O4S/c1-17-8-12-19(13-9-17)28-33(31,32)22-14-10-18(11-15-22)23(29)26-20-6-5-7-21(16-20)27-24(30)25(2,3)4/h5-16,28H,1-4H3,(H,26,29)(H,27,30). The molecule has 0 aromatic heterocycles. The predicted molar refractivity (Wildman–Crippen MR) is 131 cm³/mol. The zero-order chi connectivity index (χ0) is 24.2. The fourth-order valence-corrected chi connectivity index (χ4v) is 3.88. The van der Waals surface area contributed by atoms with Crippen LogP contribution in [-0.4, -0.2) is 20.2 Å². The average molecular weight is 466 g/mol. The summed E-state index contributed by atoms with van der Waals surface area (Å²) in [4.78, 5) is 24.9. The van der Waals surface area contributed by atoms with E-state index in [2.05, 4.69) is 15.4 Å². The minimum atomic E-state index is -3.78. The van der Waals surface area contributed by atoms with Gasteiger partial charge in [-0.05, 0) is 61.5 Å². The molecule has 3 aromatic carbocycles. The third-order valence-corrected chi connectivity index (χ3v) is 6.19. The van der Waals surface area contributed by atoms with Crippen LogP contribution in [0.2, 0.25) is 0 Å². The van der Waals surface area contributed by atoms with E-state index in [4.69, 9.17) is 0 Å². The van der Waals surface area contributed by atoms with Gasteiger partial charge in [0.15, 0.2) is 0 Å². The van der Waals surface area contributed by atoms with Gasteiger partial charge in [-0.15, -0.1) is 0 Å². The van der Waals surface area contributed by atoms with E-state index in [-0.39, 0.29) is 10.8 Å². The maximum atomic E-state index is 12.6. The molecule has 0 fully saturated rings. The highest BCUT2D eigenvalue weighted by molar-refractivity contribution is 7.92. The lowest BCUT2D eigenvalue weighted by atomic mass is 9.95. The number of rotatable bonds is 6. The molecule has 0 aliphatic rings. The summed E-state index contributed by atoms with van der Waals surface area (Å²) in [6.07, 6.45) is 0. The Morgan fingerprint density at radius 1 is 0.758 bits per heavy atom. The molecular formula is C25H27N3O4S. The molecule has 0 aliphatic heterocycles. The van der Waals surface area contributed by atoms with Gasteiger partial charge in [-0.1, -0.05) is 44.5 Å². The fourth-order valence-electron chi connectivity index (χ4n) is 2.82. The van der Waals surface area contributed by atoms with Crippen LogP contribution in [0.15, 0.2) is 77.7 Å². The van der Waals surface area contributed by atoms with Crippen molar-refractivity contribution in [1.29, 1.82) is 0 Å². The van der Waals surface area contributed by atoms with Gasteiger partial charge in [-0.2, -0.15) is 0 Å². The van der Waals surface area contributed by atoms with Gasteiger partial charge in [0.1, 0.15) is 0 Å². The van der Waals surface area contributed by atoms with Gasteiger partial charge < -0.3 is 10.6 Å². The lowest BCUT2D eigenvalue weighted by molar-refractivity contribution is -0.123. The van der Waals surface area contributed by atoms with Crippen molar-refractivity contribution in [2.75, 3.05) is 15.4 Å². The molecule has 3 N–H and O–H groups in total. The number of nitrogens with one attached hydrogen (secondary N) is 3. The Morgan fingerprint density at radius 3 is 1.91 bits per heavy atom. The average Bonchev–Trinajstić information content (AvgIpc) is 2.75. The number of hydrogen-bond donors (Lipinski definition) is 3.